The highest BCUT2D eigenvalue weighted by molar-refractivity contribution is 7.07. The van der Waals surface area contributed by atoms with E-state index >= 15 is 0 Å². The fraction of sp³-hybridized carbons (Fsp3) is 0.0769. The van der Waals surface area contributed by atoms with Gasteiger partial charge in [0.15, 0.2) is 5.76 Å². The van der Waals surface area contributed by atoms with Gasteiger partial charge in [0.1, 0.15) is 22.9 Å². The number of fused-ring (bicyclic) bond motifs is 1. The molecule has 0 atom stereocenters. The second-order valence-electron chi connectivity index (χ2n) is 7.36. The van der Waals surface area contributed by atoms with Gasteiger partial charge in [-0.05, 0) is 36.2 Å². The molecule has 33 heavy (non-hydrogen) atoms. The highest BCUT2D eigenvalue weighted by Crippen LogP contribution is 2.28. The number of rotatable bonds is 6. The van der Waals surface area contributed by atoms with Crippen molar-refractivity contribution < 1.29 is 13.2 Å². The van der Waals surface area contributed by atoms with Gasteiger partial charge in [0.05, 0.1) is 11.8 Å². The molecule has 0 aliphatic rings. The standard InChI is InChI=1S/C26H19F2N3OS/c27-21-10-6-11-22(28)20(21)16-30-31-23(25-15-19-9-4-5-12-24(19)32-25)17-33-26(31)29-14-13-18-7-2-1-3-8-18/h1-12,15-17H,13-14H2. The molecule has 0 fully saturated rings. The van der Waals surface area contributed by atoms with Crippen molar-refractivity contribution >= 4 is 28.5 Å². The van der Waals surface area contributed by atoms with Crippen molar-refractivity contribution in [1.82, 2.24) is 4.68 Å². The summed E-state index contributed by atoms with van der Waals surface area (Å²) in [4.78, 5) is 5.30. The smallest absolute Gasteiger partial charge is 0.206 e. The van der Waals surface area contributed by atoms with Crippen molar-refractivity contribution in [3.63, 3.8) is 0 Å². The van der Waals surface area contributed by atoms with Crippen LogP contribution in [0.5, 0.6) is 0 Å². The van der Waals surface area contributed by atoms with Gasteiger partial charge in [-0.1, -0.05) is 54.6 Å². The molecule has 0 N–H and O–H groups in total. The lowest BCUT2D eigenvalue weighted by atomic mass is 10.2. The molecular formula is C26H19F2N3OS. The van der Waals surface area contributed by atoms with E-state index in [0.717, 1.165) is 17.4 Å². The first-order chi connectivity index (χ1) is 16.2. The van der Waals surface area contributed by atoms with Gasteiger partial charge in [0, 0.05) is 17.3 Å². The predicted molar refractivity (Wildman–Crippen MR) is 127 cm³/mol. The predicted octanol–water partition coefficient (Wildman–Crippen LogP) is 6.27. The van der Waals surface area contributed by atoms with Crippen LogP contribution >= 0.6 is 11.3 Å². The molecule has 2 aromatic heterocycles. The van der Waals surface area contributed by atoms with Crippen LogP contribution in [0.1, 0.15) is 11.1 Å². The Morgan fingerprint density at radius 2 is 1.67 bits per heavy atom. The first-order valence-electron chi connectivity index (χ1n) is 10.4. The highest BCUT2D eigenvalue weighted by Gasteiger charge is 2.13. The fourth-order valence-corrected chi connectivity index (χ4v) is 4.32. The minimum absolute atomic E-state index is 0.206. The molecule has 0 bridgehead atoms. The van der Waals surface area contributed by atoms with Gasteiger partial charge in [0.2, 0.25) is 4.80 Å². The zero-order chi connectivity index (χ0) is 22.6. The number of furan rings is 1. The van der Waals surface area contributed by atoms with Crippen molar-refractivity contribution in [2.45, 2.75) is 6.42 Å². The molecule has 0 radical (unpaired) electrons. The molecule has 0 aliphatic carbocycles. The van der Waals surface area contributed by atoms with Crippen LogP contribution < -0.4 is 4.80 Å². The second-order valence-corrected chi connectivity index (χ2v) is 8.20. The normalized spacial score (nSPS) is 12.2. The molecule has 2 heterocycles. The van der Waals surface area contributed by atoms with Crippen molar-refractivity contribution in [3.05, 3.63) is 112 Å². The van der Waals surface area contributed by atoms with Crippen LogP contribution in [0.15, 0.2) is 98.8 Å². The Morgan fingerprint density at radius 3 is 2.45 bits per heavy atom. The monoisotopic (exact) mass is 459 g/mol. The van der Waals surface area contributed by atoms with E-state index < -0.39 is 11.6 Å². The van der Waals surface area contributed by atoms with Crippen molar-refractivity contribution in [1.29, 1.82) is 0 Å². The lowest BCUT2D eigenvalue weighted by molar-refractivity contribution is 0.579. The zero-order valence-electron chi connectivity index (χ0n) is 17.5. The van der Waals surface area contributed by atoms with E-state index in [1.54, 1.807) is 4.68 Å². The SMILES string of the molecule is Fc1cccc(F)c1C=Nn1c(-c2cc3ccccc3o2)csc1=NCCc1ccccc1. The fourth-order valence-electron chi connectivity index (χ4n) is 3.47. The lowest BCUT2D eigenvalue weighted by Gasteiger charge is -2.02. The van der Waals surface area contributed by atoms with Crippen LogP contribution in [0.25, 0.3) is 22.4 Å². The average Bonchev–Trinajstić information content (AvgIpc) is 3.43. The third kappa shape index (κ3) is 4.54. The molecule has 4 nitrogen and oxygen atoms in total. The zero-order valence-corrected chi connectivity index (χ0v) is 18.3. The first-order valence-corrected chi connectivity index (χ1v) is 11.3. The maximum atomic E-state index is 14.2. The van der Waals surface area contributed by atoms with Crippen LogP contribution in [0, 0.1) is 11.6 Å². The summed E-state index contributed by atoms with van der Waals surface area (Å²) in [5.41, 5.74) is 2.38. The van der Waals surface area contributed by atoms with E-state index in [1.807, 2.05) is 53.9 Å². The summed E-state index contributed by atoms with van der Waals surface area (Å²) >= 11 is 1.39. The van der Waals surface area contributed by atoms with Gasteiger partial charge < -0.3 is 4.42 Å². The quantitative estimate of drug-likeness (QED) is 0.276. The maximum Gasteiger partial charge on any atom is 0.206 e. The van der Waals surface area contributed by atoms with Crippen LogP contribution in [0.3, 0.4) is 0 Å². The second kappa shape index (κ2) is 9.34. The molecule has 0 unspecified atom stereocenters. The Kier molecular flexibility index (Phi) is 5.95. The van der Waals surface area contributed by atoms with Crippen LogP contribution in [0.2, 0.25) is 0 Å². The van der Waals surface area contributed by atoms with Gasteiger partial charge in [0.25, 0.3) is 0 Å². The van der Waals surface area contributed by atoms with Gasteiger partial charge in [-0.3, -0.25) is 4.99 Å². The topological polar surface area (TPSA) is 42.8 Å². The lowest BCUT2D eigenvalue weighted by Crippen LogP contribution is -2.13. The Morgan fingerprint density at radius 1 is 0.909 bits per heavy atom. The Hall–Kier alpha value is -3.84. The van der Waals surface area contributed by atoms with E-state index in [-0.39, 0.29) is 5.56 Å². The van der Waals surface area contributed by atoms with Crippen molar-refractivity contribution in [3.8, 4) is 11.5 Å². The molecule has 0 saturated carbocycles. The Balaban J connectivity index is 1.56. The minimum Gasteiger partial charge on any atom is -0.454 e. The first kappa shape index (κ1) is 21.0. The molecule has 5 aromatic rings. The minimum atomic E-state index is -0.678. The summed E-state index contributed by atoms with van der Waals surface area (Å²) in [5.74, 6) is -0.756. The van der Waals surface area contributed by atoms with E-state index in [9.17, 15) is 8.78 Å². The number of nitrogens with zero attached hydrogens (tertiary/aromatic N) is 3. The number of benzene rings is 3. The van der Waals surface area contributed by atoms with Gasteiger partial charge in [-0.15, -0.1) is 11.3 Å². The van der Waals surface area contributed by atoms with E-state index in [4.69, 9.17) is 9.41 Å². The molecule has 0 saturated heterocycles. The maximum absolute atomic E-state index is 14.2. The molecular weight excluding hydrogens is 440 g/mol. The summed E-state index contributed by atoms with van der Waals surface area (Å²) in [5, 5.41) is 7.24. The average molecular weight is 460 g/mol. The number of thiazole rings is 1. The van der Waals surface area contributed by atoms with E-state index in [1.165, 1.54) is 41.3 Å². The van der Waals surface area contributed by atoms with Crippen LogP contribution in [-0.2, 0) is 6.42 Å². The summed E-state index contributed by atoms with van der Waals surface area (Å²) in [6, 6.07) is 23.4. The number of halogens is 2. The number of para-hydroxylation sites is 1. The molecule has 0 spiro atoms. The summed E-state index contributed by atoms with van der Waals surface area (Å²) in [6.45, 7) is 0.549. The van der Waals surface area contributed by atoms with E-state index in [2.05, 4.69) is 17.2 Å². The van der Waals surface area contributed by atoms with Crippen molar-refractivity contribution in [2.24, 2.45) is 10.1 Å². The molecule has 164 valence electrons. The summed E-state index contributed by atoms with van der Waals surface area (Å²) in [7, 11) is 0. The van der Waals surface area contributed by atoms with Crippen LogP contribution in [0.4, 0.5) is 8.78 Å². The Bertz CT molecular complexity index is 1450. The molecule has 0 aliphatic heterocycles. The van der Waals surface area contributed by atoms with Crippen molar-refractivity contribution in [2.75, 3.05) is 6.54 Å². The van der Waals surface area contributed by atoms with Crippen LogP contribution in [-0.4, -0.2) is 17.4 Å². The summed E-state index contributed by atoms with van der Waals surface area (Å²) < 4.78 is 35.9. The van der Waals surface area contributed by atoms with Gasteiger partial charge >= 0.3 is 0 Å². The molecule has 7 heteroatoms. The number of hydrogen-bond acceptors (Lipinski definition) is 4. The molecule has 0 amide bonds. The molecule has 5 rings (SSSR count). The largest absolute Gasteiger partial charge is 0.454 e. The van der Waals surface area contributed by atoms with E-state index in [0.29, 0.717) is 22.8 Å². The Labute approximate surface area is 192 Å². The number of hydrogen-bond donors (Lipinski definition) is 0. The highest BCUT2D eigenvalue weighted by atomic mass is 32.1. The summed E-state index contributed by atoms with van der Waals surface area (Å²) in [6.07, 6.45) is 1.95. The molecule has 3 aromatic carbocycles. The third-order valence-electron chi connectivity index (χ3n) is 5.16. The number of aromatic nitrogens is 1. The van der Waals surface area contributed by atoms with Gasteiger partial charge in [-0.2, -0.15) is 5.10 Å². The van der Waals surface area contributed by atoms with Gasteiger partial charge in [-0.25, -0.2) is 13.5 Å². The third-order valence-corrected chi connectivity index (χ3v) is 6.01.